The van der Waals surface area contributed by atoms with Crippen LogP contribution in [0.3, 0.4) is 0 Å². The molecular formula is C33H38NOP. The number of hydrogen-bond acceptors (Lipinski definition) is 2. The summed E-state index contributed by atoms with van der Waals surface area (Å²) >= 11 is 0. The van der Waals surface area contributed by atoms with Gasteiger partial charge in [-0.15, -0.1) is 0 Å². The molecule has 1 aliphatic carbocycles. The van der Waals surface area contributed by atoms with Gasteiger partial charge in [-0.25, -0.2) is 0 Å². The Morgan fingerprint density at radius 1 is 1.00 bits per heavy atom. The van der Waals surface area contributed by atoms with Crippen molar-refractivity contribution in [1.82, 2.24) is 0 Å². The van der Waals surface area contributed by atoms with E-state index in [1.807, 2.05) is 18.2 Å². The van der Waals surface area contributed by atoms with Gasteiger partial charge in [0, 0.05) is 28.1 Å². The zero-order valence-electron chi connectivity index (χ0n) is 22.4. The number of nitrogens with zero attached hydrogens (tertiary/aromatic N) is 1. The molecule has 4 rings (SSSR count). The molecule has 3 aromatic carbocycles. The van der Waals surface area contributed by atoms with Crippen LogP contribution in [0, 0.1) is 19.8 Å². The van der Waals surface area contributed by atoms with Crippen LogP contribution in [-0.4, -0.2) is 12.3 Å². The van der Waals surface area contributed by atoms with Gasteiger partial charge in [0.05, 0.1) is 12.3 Å². The quantitative estimate of drug-likeness (QED) is 0.241. The second-order valence-corrected chi connectivity index (χ2v) is 12.0. The minimum absolute atomic E-state index is 0.0118. The van der Waals surface area contributed by atoms with E-state index in [0.29, 0.717) is 21.1 Å². The predicted molar refractivity (Wildman–Crippen MR) is 159 cm³/mol. The first-order chi connectivity index (χ1) is 17.2. The molecular weight excluding hydrogens is 457 g/mol. The van der Waals surface area contributed by atoms with Crippen LogP contribution in [0.15, 0.2) is 90.0 Å². The number of rotatable bonds is 7. The van der Waals surface area contributed by atoms with Crippen molar-refractivity contribution in [1.29, 1.82) is 0 Å². The molecule has 0 saturated heterocycles. The fourth-order valence-electron chi connectivity index (χ4n) is 4.55. The zero-order valence-corrected chi connectivity index (χ0v) is 23.4. The first-order valence-corrected chi connectivity index (χ1v) is 13.8. The molecule has 0 aliphatic heterocycles. The molecule has 36 heavy (non-hydrogen) atoms. The first-order valence-electron chi connectivity index (χ1n) is 12.8. The summed E-state index contributed by atoms with van der Waals surface area (Å²) in [5, 5.41) is 2.61. The highest BCUT2D eigenvalue weighted by molar-refractivity contribution is 7.56. The van der Waals surface area contributed by atoms with E-state index in [9.17, 15) is 0 Å². The van der Waals surface area contributed by atoms with Gasteiger partial charge in [0.1, 0.15) is 5.75 Å². The third kappa shape index (κ3) is 6.42. The van der Waals surface area contributed by atoms with Gasteiger partial charge in [-0.3, -0.25) is 4.99 Å². The van der Waals surface area contributed by atoms with E-state index in [4.69, 9.17) is 9.73 Å². The highest BCUT2D eigenvalue weighted by Crippen LogP contribution is 2.35. The average Bonchev–Trinajstić information content (AvgIpc) is 2.85. The number of aryl methyl sites for hydroxylation is 2. The summed E-state index contributed by atoms with van der Waals surface area (Å²) in [7, 11) is 0.480. The maximum atomic E-state index is 6.69. The number of ether oxygens (including phenoxy) is 1. The molecule has 0 saturated carbocycles. The van der Waals surface area contributed by atoms with Crippen LogP contribution in [0.2, 0.25) is 0 Å². The van der Waals surface area contributed by atoms with E-state index >= 15 is 0 Å². The Morgan fingerprint density at radius 2 is 1.78 bits per heavy atom. The molecule has 2 atom stereocenters. The van der Waals surface area contributed by atoms with Crippen molar-refractivity contribution in [2.24, 2.45) is 10.9 Å². The smallest absolute Gasteiger partial charge is 0.130 e. The van der Waals surface area contributed by atoms with Crippen LogP contribution in [0.1, 0.15) is 56.4 Å². The lowest BCUT2D eigenvalue weighted by atomic mass is 9.85. The molecule has 0 radical (unpaired) electrons. The minimum Gasteiger partial charge on any atom is -0.492 e. The molecule has 3 aromatic rings. The Morgan fingerprint density at radius 3 is 2.47 bits per heavy atom. The number of allylic oxidation sites excluding steroid dienone is 3. The van der Waals surface area contributed by atoms with Crippen LogP contribution >= 0.6 is 8.58 Å². The summed E-state index contributed by atoms with van der Waals surface area (Å²) in [5.74, 6) is 1.47. The lowest BCUT2D eigenvalue weighted by Crippen LogP contribution is -2.23. The van der Waals surface area contributed by atoms with Gasteiger partial charge in [0.25, 0.3) is 0 Å². The largest absolute Gasteiger partial charge is 0.492 e. The summed E-state index contributed by atoms with van der Waals surface area (Å²) in [4.78, 5) is 4.94. The molecule has 2 unspecified atom stereocenters. The monoisotopic (exact) mass is 495 g/mol. The Labute approximate surface area is 219 Å². The normalized spacial score (nSPS) is 16.2. The van der Waals surface area contributed by atoms with Crippen molar-refractivity contribution < 1.29 is 4.74 Å². The molecule has 0 spiro atoms. The minimum atomic E-state index is -0.0118. The van der Waals surface area contributed by atoms with Gasteiger partial charge in [0.2, 0.25) is 0 Å². The van der Waals surface area contributed by atoms with Crippen LogP contribution in [0.5, 0.6) is 5.75 Å². The Bertz CT molecular complexity index is 1300. The number of hydrogen-bond donors (Lipinski definition) is 0. The first kappa shape index (κ1) is 26.1. The zero-order chi connectivity index (χ0) is 25.7. The third-order valence-corrected chi connectivity index (χ3v) is 8.08. The highest BCUT2D eigenvalue weighted by Gasteiger charge is 2.24. The Hall–Kier alpha value is -2.96. The van der Waals surface area contributed by atoms with E-state index in [1.54, 1.807) is 0 Å². The molecule has 0 aromatic heterocycles. The second kappa shape index (κ2) is 11.4. The van der Waals surface area contributed by atoms with E-state index in [1.165, 1.54) is 32.9 Å². The van der Waals surface area contributed by atoms with Crippen LogP contribution in [0.25, 0.3) is 0 Å². The fraction of sp³-hybridized carbons (Fsp3) is 0.303. The number of para-hydroxylation sites is 1. The van der Waals surface area contributed by atoms with Gasteiger partial charge in [-0.1, -0.05) is 96.1 Å². The van der Waals surface area contributed by atoms with Gasteiger partial charge in [0.15, 0.2) is 0 Å². The fourth-order valence-corrected chi connectivity index (χ4v) is 6.12. The molecule has 1 aliphatic rings. The molecule has 3 heteroatoms. The molecule has 186 valence electrons. The van der Waals surface area contributed by atoms with Crippen molar-refractivity contribution in [3.8, 4) is 5.75 Å². The van der Waals surface area contributed by atoms with Crippen molar-refractivity contribution in [3.05, 3.63) is 107 Å². The Balaban J connectivity index is 1.75. The summed E-state index contributed by atoms with van der Waals surface area (Å²) in [6, 6.07) is 21.4. The van der Waals surface area contributed by atoms with Crippen molar-refractivity contribution in [2.75, 3.05) is 6.61 Å². The summed E-state index contributed by atoms with van der Waals surface area (Å²) in [6.45, 7) is 14.1. The molecule has 2 nitrogen and oxygen atoms in total. The topological polar surface area (TPSA) is 21.6 Å². The van der Waals surface area contributed by atoms with Crippen LogP contribution in [-0.2, 0) is 5.41 Å². The molecule has 0 heterocycles. The molecule has 0 fully saturated rings. The molecule has 0 amide bonds. The van der Waals surface area contributed by atoms with E-state index in [2.05, 4.69) is 108 Å². The van der Waals surface area contributed by atoms with Gasteiger partial charge >= 0.3 is 0 Å². The summed E-state index contributed by atoms with van der Waals surface area (Å²) in [5.41, 5.74) is 7.07. The SMILES string of the molecule is CC(=Nc1ccccc1)c1cccc(C)c1Pc1cc(C)cc(C(C)(C)C)c1OCC1C=CC=CC1. The Kier molecular flexibility index (Phi) is 8.27. The highest BCUT2D eigenvalue weighted by atomic mass is 31.1. The number of aliphatic imine (C=N–C) groups is 1. The van der Waals surface area contributed by atoms with Crippen LogP contribution in [0.4, 0.5) is 5.69 Å². The third-order valence-electron chi connectivity index (χ3n) is 6.53. The molecule has 0 bridgehead atoms. The van der Waals surface area contributed by atoms with E-state index < -0.39 is 0 Å². The summed E-state index contributed by atoms with van der Waals surface area (Å²) in [6.07, 6.45) is 9.77. The van der Waals surface area contributed by atoms with Gasteiger partial charge < -0.3 is 4.74 Å². The lowest BCUT2D eigenvalue weighted by molar-refractivity contribution is 0.271. The second-order valence-electron chi connectivity index (χ2n) is 10.7. The van der Waals surface area contributed by atoms with Gasteiger partial charge in [-0.05, 0) is 67.2 Å². The van der Waals surface area contributed by atoms with Crippen molar-refractivity contribution in [3.63, 3.8) is 0 Å². The maximum Gasteiger partial charge on any atom is 0.130 e. The van der Waals surface area contributed by atoms with E-state index in [0.717, 1.165) is 23.6 Å². The summed E-state index contributed by atoms with van der Waals surface area (Å²) < 4.78 is 6.69. The van der Waals surface area contributed by atoms with Crippen molar-refractivity contribution >= 4 is 30.6 Å². The van der Waals surface area contributed by atoms with Crippen molar-refractivity contribution in [2.45, 2.75) is 53.4 Å². The lowest BCUT2D eigenvalue weighted by Gasteiger charge is -2.27. The standard InChI is InChI=1S/C33H38NOP/c1-23-20-29(33(4,5)6)31(35-22-26-15-9-7-10-16-26)30(21-23)36-32-24(2)14-13-19-28(32)25(3)34-27-17-11-8-12-18-27/h7-15,17-21,26,36H,16,22H2,1-6H3. The maximum absolute atomic E-state index is 6.69. The van der Waals surface area contributed by atoms with Crippen LogP contribution < -0.4 is 15.3 Å². The predicted octanol–water partition coefficient (Wildman–Crippen LogP) is 7.88. The average molecular weight is 496 g/mol. The van der Waals surface area contributed by atoms with Gasteiger partial charge in [-0.2, -0.15) is 0 Å². The van der Waals surface area contributed by atoms with E-state index in [-0.39, 0.29) is 5.41 Å². The molecule has 0 N–H and O–H groups in total. The number of benzene rings is 3.